The second kappa shape index (κ2) is 7.24. The van der Waals surface area contributed by atoms with Crippen LogP contribution in [0, 0.1) is 5.82 Å². The summed E-state index contributed by atoms with van der Waals surface area (Å²) in [7, 11) is 1.68. The van der Waals surface area contributed by atoms with Crippen LogP contribution in [0.25, 0.3) is 11.4 Å². The van der Waals surface area contributed by atoms with Crippen LogP contribution in [0.1, 0.15) is 11.7 Å². The van der Waals surface area contributed by atoms with Crippen LogP contribution in [-0.4, -0.2) is 39.2 Å². The van der Waals surface area contributed by atoms with Gasteiger partial charge >= 0.3 is 0 Å². The van der Waals surface area contributed by atoms with E-state index in [-0.39, 0.29) is 17.5 Å². The summed E-state index contributed by atoms with van der Waals surface area (Å²) >= 11 is 0. The van der Waals surface area contributed by atoms with Gasteiger partial charge in [-0.1, -0.05) is 12.1 Å². The van der Waals surface area contributed by atoms with Gasteiger partial charge in [0.15, 0.2) is 0 Å². The lowest BCUT2D eigenvalue weighted by Gasteiger charge is -2.34. The van der Waals surface area contributed by atoms with E-state index >= 15 is 0 Å². The van der Waals surface area contributed by atoms with Gasteiger partial charge in [0.25, 0.3) is 5.56 Å². The lowest BCUT2D eigenvalue weighted by Crippen LogP contribution is -2.41. The maximum absolute atomic E-state index is 13.6. The minimum atomic E-state index is -0.301. The van der Waals surface area contributed by atoms with Crippen LogP contribution in [0.15, 0.2) is 53.7 Å². The third-order valence-electron chi connectivity index (χ3n) is 4.53. The Morgan fingerprint density at radius 3 is 2.89 bits per heavy atom. The molecule has 2 aromatic heterocycles. The zero-order valence-corrected chi connectivity index (χ0v) is 14.7. The fourth-order valence-electron chi connectivity index (χ4n) is 3.12. The van der Waals surface area contributed by atoms with Crippen LogP contribution >= 0.6 is 0 Å². The van der Waals surface area contributed by atoms with E-state index in [9.17, 15) is 9.18 Å². The van der Waals surface area contributed by atoms with E-state index in [4.69, 9.17) is 4.74 Å². The minimum absolute atomic E-state index is 0.178. The highest BCUT2D eigenvalue weighted by Gasteiger charge is 2.25. The number of benzene rings is 1. The van der Waals surface area contributed by atoms with E-state index in [0.29, 0.717) is 37.0 Å². The SMILES string of the molecule is Cn1c(N2CCO[C@@H](c3cccc(F)c3)C2)nc(-c2ccncn2)cc1=O. The lowest BCUT2D eigenvalue weighted by molar-refractivity contribution is 0.0388. The van der Waals surface area contributed by atoms with Gasteiger partial charge in [0, 0.05) is 25.9 Å². The largest absolute Gasteiger partial charge is 0.370 e. The maximum Gasteiger partial charge on any atom is 0.255 e. The normalized spacial score (nSPS) is 17.1. The van der Waals surface area contributed by atoms with Crippen molar-refractivity contribution in [3.05, 3.63) is 70.7 Å². The summed E-state index contributed by atoms with van der Waals surface area (Å²) in [5, 5.41) is 0. The molecule has 1 fully saturated rings. The van der Waals surface area contributed by atoms with Crippen molar-refractivity contribution >= 4 is 5.95 Å². The molecule has 27 heavy (non-hydrogen) atoms. The molecule has 1 aliphatic rings. The molecule has 1 aromatic carbocycles. The molecule has 0 bridgehead atoms. The Labute approximate surface area is 155 Å². The summed E-state index contributed by atoms with van der Waals surface area (Å²) in [4.78, 5) is 27.1. The van der Waals surface area contributed by atoms with Gasteiger partial charge in [-0.2, -0.15) is 0 Å². The number of aromatic nitrogens is 4. The maximum atomic E-state index is 13.6. The molecule has 1 aliphatic heterocycles. The van der Waals surface area contributed by atoms with Crippen LogP contribution in [0.3, 0.4) is 0 Å². The highest BCUT2D eigenvalue weighted by molar-refractivity contribution is 5.55. The van der Waals surface area contributed by atoms with Gasteiger partial charge < -0.3 is 9.64 Å². The number of halogens is 1. The molecule has 4 rings (SSSR count). The predicted octanol–water partition coefficient (Wildman–Crippen LogP) is 1.95. The molecular weight excluding hydrogens is 349 g/mol. The van der Waals surface area contributed by atoms with E-state index in [0.717, 1.165) is 5.56 Å². The smallest absolute Gasteiger partial charge is 0.255 e. The number of nitrogens with zero attached hydrogens (tertiary/aromatic N) is 5. The van der Waals surface area contributed by atoms with Crippen molar-refractivity contribution in [3.63, 3.8) is 0 Å². The Morgan fingerprint density at radius 1 is 1.22 bits per heavy atom. The first-order valence-corrected chi connectivity index (χ1v) is 8.58. The zero-order chi connectivity index (χ0) is 18.8. The second-order valence-electron chi connectivity index (χ2n) is 6.29. The number of morpholine rings is 1. The van der Waals surface area contributed by atoms with E-state index < -0.39 is 0 Å². The molecule has 0 aliphatic carbocycles. The molecule has 8 heteroatoms. The van der Waals surface area contributed by atoms with E-state index in [1.165, 1.54) is 29.1 Å². The first-order valence-electron chi connectivity index (χ1n) is 8.58. The number of rotatable bonds is 3. The molecule has 0 amide bonds. The topological polar surface area (TPSA) is 73.1 Å². The summed E-state index contributed by atoms with van der Waals surface area (Å²) in [6, 6.07) is 9.53. The predicted molar refractivity (Wildman–Crippen MR) is 97.8 cm³/mol. The van der Waals surface area contributed by atoms with Gasteiger partial charge in [-0.05, 0) is 23.8 Å². The molecule has 3 heterocycles. The Bertz CT molecular complexity index is 1010. The van der Waals surface area contributed by atoms with Crippen LogP contribution in [0.2, 0.25) is 0 Å². The number of ether oxygens (including phenoxy) is 1. The van der Waals surface area contributed by atoms with Crippen molar-refractivity contribution < 1.29 is 9.13 Å². The van der Waals surface area contributed by atoms with Crippen molar-refractivity contribution in [3.8, 4) is 11.4 Å². The Hall–Kier alpha value is -3.13. The van der Waals surface area contributed by atoms with Crippen molar-refractivity contribution in [2.45, 2.75) is 6.10 Å². The quantitative estimate of drug-likeness (QED) is 0.705. The molecule has 138 valence electrons. The van der Waals surface area contributed by atoms with Crippen LogP contribution in [-0.2, 0) is 11.8 Å². The molecule has 0 saturated carbocycles. The van der Waals surface area contributed by atoms with Gasteiger partial charge in [0.05, 0.1) is 24.5 Å². The Kier molecular flexibility index (Phi) is 4.64. The van der Waals surface area contributed by atoms with Crippen molar-refractivity contribution in [2.24, 2.45) is 7.05 Å². The summed E-state index contributed by atoms with van der Waals surface area (Å²) in [5.41, 5.74) is 1.65. The standard InChI is InChI=1S/C19H18FN5O2/c1-24-18(26)10-16(15-5-6-21-12-22-15)23-19(24)25-7-8-27-17(11-25)13-3-2-4-14(20)9-13/h2-6,9-10,12,17H,7-8,11H2,1H3/t17-/m1/s1. The second-order valence-corrected chi connectivity index (χ2v) is 6.29. The summed E-state index contributed by atoms with van der Waals surface area (Å²) in [5.74, 6) is 0.227. The average Bonchev–Trinajstić information content (AvgIpc) is 2.71. The summed E-state index contributed by atoms with van der Waals surface area (Å²) in [6.07, 6.45) is 2.73. The van der Waals surface area contributed by atoms with Crippen molar-refractivity contribution in [2.75, 3.05) is 24.6 Å². The first kappa shape index (κ1) is 17.3. The molecule has 1 atom stereocenters. The molecule has 7 nitrogen and oxygen atoms in total. The molecule has 0 unspecified atom stereocenters. The monoisotopic (exact) mass is 367 g/mol. The summed E-state index contributed by atoms with van der Waals surface area (Å²) in [6.45, 7) is 1.51. The van der Waals surface area contributed by atoms with Crippen molar-refractivity contribution in [1.82, 2.24) is 19.5 Å². The van der Waals surface area contributed by atoms with Gasteiger partial charge in [0.2, 0.25) is 5.95 Å². The number of hydrogen-bond acceptors (Lipinski definition) is 6. The van der Waals surface area contributed by atoms with Crippen molar-refractivity contribution in [1.29, 1.82) is 0 Å². The van der Waals surface area contributed by atoms with E-state index in [1.807, 2.05) is 11.0 Å². The van der Waals surface area contributed by atoms with E-state index in [2.05, 4.69) is 15.0 Å². The zero-order valence-electron chi connectivity index (χ0n) is 14.7. The molecule has 0 spiro atoms. The van der Waals surface area contributed by atoms with Crippen LogP contribution < -0.4 is 10.5 Å². The number of hydrogen-bond donors (Lipinski definition) is 0. The van der Waals surface area contributed by atoms with Gasteiger partial charge in [-0.15, -0.1) is 0 Å². The molecule has 3 aromatic rings. The third-order valence-corrected chi connectivity index (χ3v) is 4.53. The highest BCUT2D eigenvalue weighted by Crippen LogP contribution is 2.26. The minimum Gasteiger partial charge on any atom is -0.370 e. The fourth-order valence-corrected chi connectivity index (χ4v) is 3.12. The van der Waals surface area contributed by atoms with Gasteiger partial charge in [-0.25, -0.2) is 19.3 Å². The van der Waals surface area contributed by atoms with Crippen LogP contribution in [0.5, 0.6) is 0 Å². The Morgan fingerprint density at radius 2 is 2.11 bits per heavy atom. The molecule has 1 saturated heterocycles. The molecule has 0 N–H and O–H groups in total. The third kappa shape index (κ3) is 3.56. The number of anilines is 1. The molecular formula is C19H18FN5O2. The molecule has 0 radical (unpaired) electrons. The van der Waals surface area contributed by atoms with Gasteiger partial charge in [0.1, 0.15) is 18.2 Å². The highest BCUT2D eigenvalue weighted by atomic mass is 19.1. The van der Waals surface area contributed by atoms with Crippen LogP contribution in [0.4, 0.5) is 10.3 Å². The average molecular weight is 367 g/mol. The lowest BCUT2D eigenvalue weighted by atomic mass is 10.1. The Balaban J connectivity index is 1.68. The van der Waals surface area contributed by atoms with Gasteiger partial charge in [-0.3, -0.25) is 9.36 Å². The first-order chi connectivity index (χ1) is 13.1. The fraction of sp³-hybridized carbons (Fsp3) is 0.263. The van der Waals surface area contributed by atoms with E-state index in [1.54, 1.807) is 25.4 Å². The summed E-state index contributed by atoms with van der Waals surface area (Å²) < 4.78 is 20.9.